The van der Waals surface area contributed by atoms with E-state index in [9.17, 15) is 9.59 Å². The van der Waals surface area contributed by atoms with E-state index in [4.69, 9.17) is 5.73 Å². The Balaban J connectivity index is 2.37. The monoisotopic (exact) mass is 298 g/mol. The van der Waals surface area contributed by atoms with Gasteiger partial charge in [0.05, 0.1) is 13.1 Å². The van der Waals surface area contributed by atoms with Crippen LogP contribution < -0.4 is 16.4 Å². The molecule has 6 heteroatoms. The molecule has 0 radical (unpaired) electrons. The smallest absolute Gasteiger partial charge is 0.239 e. The molecule has 0 bridgehead atoms. The molecule has 2 amide bonds. The largest absolute Gasteiger partial charge is 0.353 e. The average Bonchev–Trinajstić information content (AvgIpc) is 2.46. The number of carbonyl (C=O) groups is 2. The number of hydrogen-bond acceptors (Lipinski definition) is 4. The van der Waals surface area contributed by atoms with Crippen molar-refractivity contribution in [3.8, 4) is 0 Å². The first-order valence-corrected chi connectivity index (χ1v) is 7.91. The van der Waals surface area contributed by atoms with Gasteiger partial charge in [0.15, 0.2) is 0 Å². The maximum Gasteiger partial charge on any atom is 0.239 e. The zero-order valence-electron chi connectivity index (χ0n) is 13.5. The average molecular weight is 298 g/mol. The van der Waals surface area contributed by atoms with Crippen molar-refractivity contribution in [2.45, 2.75) is 39.7 Å². The summed E-state index contributed by atoms with van der Waals surface area (Å²) in [6.45, 7) is 9.41. The Labute approximate surface area is 127 Å². The Kier molecular flexibility index (Phi) is 7.67. The number of rotatable bonds is 7. The van der Waals surface area contributed by atoms with Crippen molar-refractivity contribution >= 4 is 11.8 Å². The molecule has 0 aromatic carbocycles. The highest BCUT2D eigenvalue weighted by Gasteiger charge is 2.25. The minimum Gasteiger partial charge on any atom is -0.353 e. The first-order chi connectivity index (χ1) is 9.93. The third kappa shape index (κ3) is 6.44. The van der Waals surface area contributed by atoms with Crippen LogP contribution in [0.3, 0.4) is 0 Å². The van der Waals surface area contributed by atoms with E-state index in [1.54, 1.807) is 0 Å². The van der Waals surface area contributed by atoms with E-state index in [1.165, 1.54) is 12.8 Å². The van der Waals surface area contributed by atoms with Crippen molar-refractivity contribution < 1.29 is 9.59 Å². The van der Waals surface area contributed by atoms with Crippen LogP contribution in [0.4, 0.5) is 0 Å². The normalized spacial score (nSPS) is 18.5. The van der Waals surface area contributed by atoms with E-state index in [-0.39, 0.29) is 24.9 Å². The molecule has 0 aliphatic carbocycles. The van der Waals surface area contributed by atoms with Gasteiger partial charge in [-0.05, 0) is 37.8 Å². The van der Waals surface area contributed by atoms with Gasteiger partial charge in [0.25, 0.3) is 0 Å². The molecule has 4 N–H and O–H groups in total. The topological polar surface area (TPSA) is 87.5 Å². The van der Waals surface area contributed by atoms with Crippen molar-refractivity contribution in [2.75, 3.05) is 32.7 Å². The van der Waals surface area contributed by atoms with E-state index in [1.807, 2.05) is 0 Å². The lowest BCUT2D eigenvalue weighted by molar-refractivity contribution is -0.125. The summed E-state index contributed by atoms with van der Waals surface area (Å²) in [7, 11) is 0. The number of likely N-dealkylation sites (tertiary alicyclic amines) is 1. The second-order valence-electron chi connectivity index (χ2n) is 6.31. The SMILES string of the molecule is CC1CCN(C(CNC(=O)CNC(=O)CN)C(C)C)CC1. The van der Waals surface area contributed by atoms with E-state index in [0.29, 0.717) is 18.5 Å². The molecule has 122 valence electrons. The van der Waals surface area contributed by atoms with Gasteiger partial charge in [-0.1, -0.05) is 20.8 Å². The van der Waals surface area contributed by atoms with Gasteiger partial charge in [0.2, 0.25) is 11.8 Å². The van der Waals surface area contributed by atoms with E-state index in [2.05, 4.69) is 36.3 Å². The zero-order chi connectivity index (χ0) is 15.8. The minimum absolute atomic E-state index is 0.00210. The second kappa shape index (κ2) is 9.00. The minimum atomic E-state index is -0.310. The number of carbonyl (C=O) groups excluding carboxylic acids is 2. The molecule has 1 aliphatic rings. The fraction of sp³-hybridized carbons (Fsp3) is 0.867. The highest BCUT2D eigenvalue weighted by Crippen LogP contribution is 2.20. The van der Waals surface area contributed by atoms with Crippen molar-refractivity contribution in [3.05, 3.63) is 0 Å². The van der Waals surface area contributed by atoms with Gasteiger partial charge < -0.3 is 16.4 Å². The summed E-state index contributed by atoms with van der Waals surface area (Å²) in [5.41, 5.74) is 5.18. The first kappa shape index (κ1) is 17.9. The van der Waals surface area contributed by atoms with Crippen molar-refractivity contribution in [1.82, 2.24) is 15.5 Å². The van der Waals surface area contributed by atoms with Crippen LogP contribution in [0.1, 0.15) is 33.6 Å². The molecule has 1 heterocycles. The van der Waals surface area contributed by atoms with Crippen LogP contribution >= 0.6 is 0 Å². The summed E-state index contributed by atoms with van der Waals surface area (Å²) < 4.78 is 0. The van der Waals surface area contributed by atoms with Crippen LogP contribution in [0, 0.1) is 11.8 Å². The summed E-state index contributed by atoms with van der Waals surface area (Å²) in [5.74, 6) is 0.816. The summed E-state index contributed by atoms with van der Waals surface area (Å²) in [5, 5.41) is 5.40. The fourth-order valence-corrected chi connectivity index (χ4v) is 2.68. The number of amides is 2. The number of nitrogens with zero attached hydrogens (tertiary/aromatic N) is 1. The molecule has 1 unspecified atom stereocenters. The Morgan fingerprint density at radius 2 is 1.81 bits per heavy atom. The van der Waals surface area contributed by atoms with E-state index in [0.717, 1.165) is 19.0 Å². The Morgan fingerprint density at radius 3 is 2.33 bits per heavy atom. The number of nitrogens with one attached hydrogen (secondary N) is 2. The maximum atomic E-state index is 11.7. The van der Waals surface area contributed by atoms with Crippen LogP contribution in [-0.2, 0) is 9.59 Å². The molecular weight excluding hydrogens is 268 g/mol. The molecule has 1 fully saturated rings. The molecule has 1 saturated heterocycles. The third-order valence-corrected chi connectivity index (χ3v) is 4.20. The molecule has 6 nitrogen and oxygen atoms in total. The Morgan fingerprint density at radius 1 is 1.19 bits per heavy atom. The lowest BCUT2D eigenvalue weighted by atomic mass is 9.94. The van der Waals surface area contributed by atoms with Gasteiger partial charge in [-0.2, -0.15) is 0 Å². The highest BCUT2D eigenvalue weighted by atomic mass is 16.2. The van der Waals surface area contributed by atoms with Crippen LogP contribution in [0.25, 0.3) is 0 Å². The van der Waals surface area contributed by atoms with Gasteiger partial charge in [0.1, 0.15) is 0 Å². The summed E-state index contributed by atoms with van der Waals surface area (Å²) in [6, 6.07) is 0.353. The molecular formula is C15H30N4O2. The fourth-order valence-electron chi connectivity index (χ4n) is 2.68. The summed E-state index contributed by atoms with van der Waals surface area (Å²) in [4.78, 5) is 25.2. The molecule has 1 rings (SSSR count). The summed E-state index contributed by atoms with van der Waals surface area (Å²) in [6.07, 6.45) is 2.45. The number of nitrogens with two attached hydrogens (primary N) is 1. The third-order valence-electron chi connectivity index (χ3n) is 4.20. The molecule has 21 heavy (non-hydrogen) atoms. The quantitative estimate of drug-likeness (QED) is 0.614. The number of hydrogen-bond donors (Lipinski definition) is 3. The van der Waals surface area contributed by atoms with Crippen LogP contribution in [0.2, 0.25) is 0 Å². The van der Waals surface area contributed by atoms with Crippen molar-refractivity contribution in [2.24, 2.45) is 17.6 Å². The van der Waals surface area contributed by atoms with Gasteiger partial charge in [0, 0.05) is 12.6 Å². The molecule has 1 atom stereocenters. The Bertz CT molecular complexity index is 339. The van der Waals surface area contributed by atoms with E-state index >= 15 is 0 Å². The van der Waals surface area contributed by atoms with Gasteiger partial charge in [-0.3, -0.25) is 14.5 Å². The maximum absolute atomic E-state index is 11.7. The van der Waals surface area contributed by atoms with E-state index < -0.39 is 0 Å². The highest BCUT2D eigenvalue weighted by molar-refractivity contribution is 5.85. The van der Waals surface area contributed by atoms with Gasteiger partial charge in [-0.25, -0.2) is 0 Å². The van der Waals surface area contributed by atoms with Crippen LogP contribution in [0.15, 0.2) is 0 Å². The molecule has 0 saturated carbocycles. The first-order valence-electron chi connectivity index (χ1n) is 7.91. The van der Waals surface area contributed by atoms with Crippen LogP contribution in [-0.4, -0.2) is 55.5 Å². The predicted octanol–water partition coefficient (Wildman–Crippen LogP) is -0.0660. The lowest BCUT2D eigenvalue weighted by Crippen LogP contribution is -2.51. The molecule has 0 spiro atoms. The zero-order valence-corrected chi connectivity index (χ0v) is 13.5. The number of piperidine rings is 1. The summed E-state index contributed by atoms with van der Waals surface area (Å²) >= 11 is 0. The molecule has 1 aliphatic heterocycles. The van der Waals surface area contributed by atoms with Gasteiger partial charge in [-0.15, -0.1) is 0 Å². The molecule has 0 aromatic heterocycles. The lowest BCUT2D eigenvalue weighted by Gasteiger charge is -2.38. The van der Waals surface area contributed by atoms with Crippen molar-refractivity contribution in [1.29, 1.82) is 0 Å². The Hall–Kier alpha value is -1.14. The second-order valence-corrected chi connectivity index (χ2v) is 6.31. The van der Waals surface area contributed by atoms with Crippen molar-refractivity contribution in [3.63, 3.8) is 0 Å². The predicted molar refractivity (Wildman–Crippen MR) is 83.7 cm³/mol. The van der Waals surface area contributed by atoms with Gasteiger partial charge >= 0.3 is 0 Å². The van der Waals surface area contributed by atoms with Crippen LogP contribution in [0.5, 0.6) is 0 Å². The standard InChI is InChI=1S/C15H30N4O2/c1-11(2)13(19-6-4-12(3)5-7-19)9-17-15(21)10-18-14(20)8-16/h11-13H,4-10,16H2,1-3H3,(H,17,21)(H,18,20). The molecule has 0 aromatic rings.